The highest BCUT2D eigenvalue weighted by molar-refractivity contribution is 7.92. The summed E-state index contributed by atoms with van der Waals surface area (Å²) in [6, 6.07) is 17.1. The van der Waals surface area contributed by atoms with Gasteiger partial charge in [-0.25, -0.2) is 8.42 Å². The molecule has 2 aromatic carbocycles. The van der Waals surface area contributed by atoms with Gasteiger partial charge in [-0.3, -0.25) is 4.79 Å². The third kappa shape index (κ3) is 5.55. The van der Waals surface area contributed by atoms with Gasteiger partial charge in [-0.1, -0.05) is 61.9 Å². The summed E-state index contributed by atoms with van der Waals surface area (Å²) in [4.78, 5) is 14.8. The van der Waals surface area contributed by atoms with Crippen LogP contribution in [-0.2, 0) is 21.2 Å². The van der Waals surface area contributed by atoms with E-state index in [2.05, 4.69) is 0 Å². The van der Waals surface area contributed by atoms with E-state index in [-0.39, 0.29) is 12.5 Å². The van der Waals surface area contributed by atoms with Crippen molar-refractivity contribution in [3.63, 3.8) is 0 Å². The maximum Gasteiger partial charge on any atom is 0.242 e. The quantitative estimate of drug-likeness (QED) is 0.657. The molecule has 2 aromatic rings. The van der Waals surface area contributed by atoms with Crippen molar-refractivity contribution < 1.29 is 13.2 Å². The van der Waals surface area contributed by atoms with Gasteiger partial charge >= 0.3 is 0 Å². The number of nitrogens with zero attached hydrogens (tertiary/aromatic N) is 2. The Kier molecular flexibility index (Phi) is 7.23. The van der Waals surface area contributed by atoms with Gasteiger partial charge in [0.25, 0.3) is 0 Å². The van der Waals surface area contributed by atoms with Crippen molar-refractivity contribution in [3.8, 4) is 0 Å². The van der Waals surface area contributed by atoms with Crippen LogP contribution in [0.5, 0.6) is 0 Å². The van der Waals surface area contributed by atoms with Gasteiger partial charge < -0.3 is 4.90 Å². The van der Waals surface area contributed by atoms with Crippen molar-refractivity contribution in [3.05, 3.63) is 71.1 Å². The fourth-order valence-electron chi connectivity index (χ4n) is 3.47. The van der Waals surface area contributed by atoms with Crippen LogP contribution < -0.4 is 4.90 Å². The molecule has 0 saturated carbocycles. The molecule has 1 amide bonds. The average molecular weight is 413 g/mol. The molecule has 1 aliphatic rings. The largest absolute Gasteiger partial charge is 0.311 e. The Balaban J connectivity index is 1.78. The SMILES string of the molecule is CCCCN(CC(=O)N1CCCc2ccccc21)S(=O)(=O)/C=C/c1ccccc1. The smallest absolute Gasteiger partial charge is 0.242 e. The Bertz CT molecular complexity index is 955. The van der Waals surface area contributed by atoms with E-state index in [0.29, 0.717) is 19.5 Å². The number of hydrogen-bond donors (Lipinski definition) is 0. The van der Waals surface area contributed by atoms with Gasteiger partial charge in [-0.05, 0) is 42.5 Å². The van der Waals surface area contributed by atoms with E-state index < -0.39 is 10.0 Å². The van der Waals surface area contributed by atoms with Gasteiger partial charge in [-0.15, -0.1) is 0 Å². The molecular formula is C23H28N2O3S. The summed E-state index contributed by atoms with van der Waals surface area (Å²) in [5, 5.41) is 1.20. The topological polar surface area (TPSA) is 57.7 Å². The molecule has 0 fully saturated rings. The average Bonchev–Trinajstić information content (AvgIpc) is 2.75. The molecule has 0 atom stereocenters. The number of rotatable bonds is 8. The Morgan fingerprint density at radius 2 is 1.83 bits per heavy atom. The Morgan fingerprint density at radius 3 is 2.59 bits per heavy atom. The van der Waals surface area contributed by atoms with Crippen molar-refractivity contribution in [2.75, 3.05) is 24.5 Å². The van der Waals surface area contributed by atoms with Gasteiger partial charge in [0, 0.05) is 24.2 Å². The number of sulfonamides is 1. The lowest BCUT2D eigenvalue weighted by atomic mass is 10.0. The predicted molar refractivity (Wildman–Crippen MR) is 118 cm³/mol. The van der Waals surface area contributed by atoms with E-state index in [1.54, 1.807) is 11.0 Å². The first-order valence-corrected chi connectivity index (χ1v) is 11.6. The summed E-state index contributed by atoms with van der Waals surface area (Å²) in [6.07, 6.45) is 4.97. The molecule has 154 valence electrons. The minimum absolute atomic E-state index is 0.143. The van der Waals surface area contributed by atoms with Gasteiger partial charge in [0.15, 0.2) is 0 Å². The first-order valence-electron chi connectivity index (χ1n) is 10.1. The number of fused-ring (bicyclic) bond motifs is 1. The number of anilines is 1. The summed E-state index contributed by atoms with van der Waals surface area (Å²) < 4.78 is 27.2. The predicted octanol–water partition coefficient (Wildman–Crippen LogP) is 4.07. The number of amides is 1. The van der Waals surface area contributed by atoms with Gasteiger partial charge in [-0.2, -0.15) is 4.31 Å². The first kappa shape index (κ1) is 21.3. The number of para-hydroxylation sites is 1. The van der Waals surface area contributed by atoms with Gasteiger partial charge in [0.1, 0.15) is 0 Å². The van der Waals surface area contributed by atoms with Gasteiger partial charge in [0.2, 0.25) is 15.9 Å². The number of carbonyl (C=O) groups is 1. The molecule has 0 radical (unpaired) electrons. The molecule has 1 aliphatic heterocycles. The summed E-state index contributed by atoms with van der Waals surface area (Å²) in [5.41, 5.74) is 2.85. The molecule has 0 N–H and O–H groups in total. The van der Waals surface area contributed by atoms with E-state index in [9.17, 15) is 13.2 Å². The second kappa shape index (κ2) is 9.85. The summed E-state index contributed by atoms with van der Waals surface area (Å²) >= 11 is 0. The summed E-state index contributed by atoms with van der Waals surface area (Å²) in [5.74, 6) is -0.176. The van der Waals surface area contributed by atoms with Crippen LogP contribution in [0.4, 0.5) is 5.69 Å². The van der Waals surface area contributed by atoms with E-state index in [0.717, 1.165) is 36.1 Å². The van der Waals surface area contributed by atoms with E-state index in [4.69, 9.17) is 0 Å². The van der Waals surface area contributed by atoms with Crippen molar-refractivity contribution in [1.29, 1.82) is 0 Å². The number of hydrogen-bond acceptors (Lipinski definition) is 3. The number of benzene rings is 2. The van der Waals surface area contributed by atoms with Crippen LogP contribution in [0.15, 0.2) is 60.0 Å². The Labute approximate surface area is 173 Å². The van der Waals surface area contributed by atoms with E-state index in [1.165, 1.54) is 9.71 Å². The Hall–Kier alpha value is -2.44. The molecule has 29 heavy (non-hydrogen) atoms. The second-order valence-corrected chi connectivity index (χ2v) is 9.04. The number of carbonyl (C=O) groups excluding carboxylic acids is 1. The highest BCUT2D eigenvalue weighted by atomic mass is 32.2. The number of unbranched alkanes of at least 4 members (excludes halogenated alkanes) is 1. The highest BCUT2D eigenvalue weighted by Crippen LogP contribution is 2.27. The monoisotopic (exact) mass is 412 g/mol. The zero-order chi connectivity index (χ0) is 20.7. The molecule has 0 bridgehead atoms. The van der Waals surface area contributed by atoms with Crippen LogP contribution >= 0.6 is 0 Å². The number of aryl methyl sites for hydroxylation is 1. The van der Waals surface area contributed by atoms with Crippen LogP contribution in [0.25, 0.3) is 6.08 Å². The minimum Gasteiger partial charge on any atom is -0.311 e. The zero-order valence-electron chi connectivity index (χ0n) is 16.8. The third-order valence-corrected chi connectivity index (χ3v) is 6.59. The van der Waals surface area contributed by atoms with Crippen molar-refractivity contribution in [1.82, 2.24) is 4.31 Å². The molecule has 1 heterocycles. The third-order valence-electron chi connectivity index (χ3n) is 5.08. The molecule has 0 aromatic heterocycles. The van der Waals surface area contributed by atoms with Crippen molar-refractivity contribution in [2.24, 2.45) is 0 Å². The fourth-order valence-corrected chi connectivity index (χ4v) is 4.65. The van der Waals surface area contributed by atoms with Crippen LogP contribution in [0, 0.1) is 0 Å². The molecular weight excluding hydrogens is 384 g/mol. The maximum atomic E-state index is 13.1. The lowest BCUT2D eigenvalue weighted by molar-refractivity contribution is -0.118. The van der Waals surface area contributed by atoms with Crippen LogP contribution in [0.2, 0.25) is 0 Å². The highest BCUT2D eigenvalue weighted by Gasteiger charge is 2.27. The maximum absolute atomic E-state index is 13.1. The molecule has 0 aliphatic carbocycles. The first-order chi connectivity index (χ1) is 14.0. The second-order valence-electron chi connectivity index (χ2n) is 7.22. The van der Waals surface area contributed by atoms with Crippen LogP contribution in [0.1, 0.15) is 37.3 Å². The van der Waals surface area contributed by atoms with Crippen LogP contribution in [-0.4, -0.2) is 38.3 Å². The molecule has 0 unspecified atom stereocenters. The standard InChI is InChI=1S/C23H28N2O3S/c1-2-3-16-24(29(27,28)18-15-20-10-5-4-6-11-20)19-23(26)25-17-9-13-21-12-7-8-14-22(21)25/h4-8,10-12,14-15,18H,2-3,9,13,16-17,19H2,1H3/b18-15+. The van der Waals surface area contributed by atoms with Crippen molar-refractivity contribution >= 4 is 27.7 Å². The fraction of sp³-hybridized carbons (Fsp3) is 0.348. The molecule has 0 saturated heterocycles. The lowest BCUT2D eigenvalue weighted by Gasteiger charge is -2.31. The molecule has 3 rings (SSSR count). The lowest BCUT2D eigenvalue weighted by Crippen LogP contribution is -2.44. The normalized spacial score (nSPS) is 14.3. The van der Waals surface area contributed by atoms with E-state index in [1.807, 2.05) is 61.5 Å². The molecule has 5 nitrogen and oxygen atoms in total. The van der Waals surface area contributed by atoms with Crippen molar-refractivity contribution in [2.45, 2.75) is 32.6 Å². The summed E-state index contributed by atoms with van der Waals surface area (Å²) in [7, 11) is -3.70. The molecule has 6 heteroatoms. The zero-order valence-corrected chi connectivity index (χ0v) is 17.6. The Morgan fingerprint density at radius 1 is 1.10 bits per heavy atom. The summed E-state index contributed by atoms with van der Waals surface area (Å²) in [6.45, 7) is 2.82. The minimum atomic E-state index is -3.70. The molecule has 0 spiro atoms. The van der Waals surface area contributed by atoms with E-state index >= 15 is 0 Å². The van der Waals surface area contributed by atoms with Crippen LogP contribution in [0.3, 0.4) is 0 Å². The van der Waals surface area contributed by atoms with Gasteiger partial charge in [0.05, 0.1) is 6.54 Å².